The summed E-state index contributed by atoms with van der Waals surface area (Å²) in [5.74, 6) is 0.113. The number of allylic oxidation sites excluding steroid dienone is 2. The fourth-order valence-corrected chi connectivity index (χ4v) is 1.37. The van der Waals surface area contributed by atoms with Crippen LogP contribution in [0, 0.1) is 0 Å². The molecule has 0 fully saturated rings. The van der Waals surface area contributed by atoms with Crippen molar-refractivity contribution in [2.75, 3.05) is 0 Å². The Morgan fingerprint density at radius 2 is 2.55 bits per heavy atom. The Kier molecular flexibility index (Phi) is 3.05. The van der Waals surface area contributed by atoms with Crippen LogP contribution in [0.25, 0.3) is 0 Å². The minimum absolute atomic E-state index is 0.113. The molecule has 1 aromatic heterocycles. The van der Waals surface area contributed by atoms with Gasteiger partial charge in [-0.15, -0.1) is 11.3 Å². The highest BCUT2D eigenvalue weighted by molar-refractivity contribution is 7.12. The van der Waals surface area contributed by atoms with Crippen LogP contribution in [0.5, 0.6) is 0 Å². The Labute approximate surface area is 70.4 Å². The second-order valence-electron chi connectivity index (χ2n) is 2.15. The summed E-state index contributed by atoms with van der Waals surface area (Å²) in [7, 11) is 0. The van der Waals surface area contributed by atoms with Crippen LogP contribution in [-0.2, 0) is 0 Å². The van der Waals surface area contributed by atoms with E-state index in [1.807, 2.05) is 30.5 Å². The molecule has 0 aliphatic heterocycles. The lowest BCUT2D eigenvalue weighted by Crippen LogP contribution is -1.87. The zero-order valence-corrected chi connectivity index (χ0v) is 7.23. The predicted octanol–water partition coefficient (Wildman–Crippen LogP) is 2.90. The SMILES string of the molecule is CCC=CC(=O)c1cccs1. The Hall–Kier alpha value is -0.890. The average molecular weight is 166 g/mol. The molecule has 2 heteroatoms. The summed E-state index contributed by atoms with van der Waals surface area (Å²) in [6.07, 6.45) is 4.42. The van der Waals surface area contributed by atoms with Gasteiger partial charge in [0.05, 0.1) is 4.88 Å². The number of carbonyl (C=O) groups excluding carboxylic acids is 1. The predicted molar refractivity (Wildman–Crippen MR) is 48.1 cm³/mol. The van der Waals surface area contributed by atoms with E-state index in [4.69, 9.17) is 0 Å². The minimum Gasteiger partial charge on any atom is -0.288 e. The summed E-state index contributed by atoms with van der Waals surface area (Å²) in [6, 6.07) is 3.73. The van der Waals surface area contributed by atoms with Gasteiger partial charge >= 0.3 is 0 Å². The van der Waals surface area contributed by atoms with Crippen molar-refractivity contribution in [2.24, 2.45) is 0 Å². The van der Waals surface area contributed by atoms with Crippen molar-refractivity contribution in [1.29, 1.82) is 0 Å². The fraction of sp³-hybridized carbons (Fsp3) is 0.222. The normalized spacial score (nSPS) is 10.6. The lowest BCUT2D eigenvalue weighted by molar-refractivity contribution is 0.105. The molecule has 0 bridgehead atoms. The van der Waals surface area contributed by atoms with Gasteiger partial charge in [0.25, 0.3) is 0 Å². The minimum atomic E-state index is 0.113. The average Bonchev–Trinajstić information content (AvgIpc) is 2.52. The van der Waals surface area contributed by atoms with Crippen LogP contribution in [0.1, 0.15) is 23.0 Å². The third kappa shape index (κ3) is 2.31. The maximum Gasteiger partial charge on any atom is 0.195 e. The van der Waals surface area contributed by atoms with Crippen molar-refractivity contribution in [1.82, 2.24) is 0 Å². The molecular formula is C9H10OS. The van der Waals surface area contributed by atoms with Crippen LogP contribution in [0.4, 0.5) is 0 Å². The molecule has 0 radical (unpaired) electrons. The molecule has 0 saturated carbocycles. The van der Waals surface area contributed by atoms with Gasteiger partial charge in [0.1, 0.15) is 0 Å². The number of thiophene rings is 1. The highest BCUT2D eigenvalue weighted by Gasteiger charge is 1.99. The van der Waals surface area contributed by atoms with Gasteiger partial charge in [0, 0.05) is 0 Å². The highest BCUT2D eigenvalue weighted by Crippen LogP contribution is 2.09. The molecule has 0 saturated heterocycles. The number of hydrogen-bond acceptors (Lipinski definition) is 2. The molecule has 58 valence electrons. The lowest BCUT2D eigenvalue weighted by Gasteiger charge is -1.85. The van der Waals surface area contributed by atoms with Crippen LogP contribution in [0.2, 0.25) is 0 Å². The van der Waals surface area contributed by atoms with Crippen molar-refractivity contribution in [3.05, 3.63) is 34.5 Å². The Bertz CT molecular complexity index is 247. The molecule has 1 aromatic rings. The van der Waals surface area contributed by atoms with Crippen LogP contribution in [0.15, 0.2) is 29.7 Å². The summed E-state index contributed by atoms with van der Waals surface area (Å²) >= 11 is 1.48. The second-order valence-corrected chi connectivity index (χ2v) is 3.10. The van der Waals surface area contributed by atoms with Gasteiger partial charge < -0.3 is 0 Å². The third-order valence-corrected chi connectivity index (χ3v) is 2.15. The van der Waals surface area contributed by atoms with Gasteiger partial charge in [0.2, 0.25) is 0 Å². The molecule has 0 amide bonds. The van der Waals surface area contributed by atoms with E-state index in [-0.39, 0.29) is 5.78 Å². The Morgan fingerprint density at radius 1 is 1.73 bits per heavy atom. The molecule has 1 heterocycles. The summed E-state index contributed by atoms with van der Waals surface area (Å²) < 4.78 is 0. The molecule has 0 unspecified atom stereocenters. The van der Waals surface area contributed by atoms with Crippen LogP contribution < -0.4 is 0 Å². The van der Waals surface area contributed by atoms with E-state index in [2.05, 4.69) is 0 Å². The van der Waals surface area contributed by atoms with Gasteiger partial charge in [-0.1, -0.05) is 19.1 Å². The maximum atomic E-state index is 11.2. The van der Waals surface area contributed by atoms with Crippen LogP contribution in [-0.4, -0.2) is 5.78 Å². The largest absolute Gasteiger partial charge is 0.288 e. The van der Waals surface area contributed by atoms with Crippen LogP contribution in [0.3, 0.4) is 0 Å². The van der Waals surface area contributed by atoms with Gasteiger partial charge in [0.15, 0.2) is 5.78 Å². The first-order chi connectivity index (χ1) is 5.34. The van der Waals surface area contributed by atoms with E-state index >= 15 is 0 Å². The molecule has 0 aliphatic rings. The molecule has 0 N–H and O–H groups in total. The first kappa shape index (κ1) is 8.21. The molecule has 11 heavy (non-hydrogen) atoms. The number of rotatable bonds is 3. The third-order valence-electron chi connectivity index (χ3n) is 1.27. The van der Waals surface area contributed by atoms with Crippen molar-refractivity contribution < 1.29 is 4.79 Å². The molecule has 1 rings (SSSR count). The van der Waals surface area contributed by atoms with E-state index in [1.54, 1.807) is 6.08 Å². The van der Waals surface area contributed by atoms with Gasteiger partial charge in [-0.2, -0.15) is 0 Å². The smallest absolute Gasteiger partial charge is 0.195 e. The maximum absolute atomic E-state index is 11.2. The number of carbonyl (C=O) groups is 1. The summed E-state index contributed by atoms with van der Waals surface area (Å²) in [6.45, 7) is 2.01. The first-order valence-corrected chi connectivity index (χ1v) is 4.47. The van der Waals surface area contributed by atoms with E-state index in [9.17, 15) is 4.79 Å². The monoisotopic (exact) mass is 166 g/mol. The number of ketones is 1. The first-order valence-electron chi connectivity index (χ1n) is 3.59. The van der Waals surface area contributed by atoms with Crippen molar-refractivity contribution in [2.45, 2.75) is 13.3 Å². The second kappa shape index (κ2) is 4.09. The van der Waals surface area contributed by atoms with E-state index in [1.165, 1.54) is 11.3 Å². The molecule has 0 spiro atoms. The summed E-state index contributed by atoms with van der Waals surface area (Å²) in [5, 5.41) is 1.91. The zero-order chi connectivity index (χ0) is 8.10. The zero-order valence-electron chi connectivity index (χ0n) is 6.41. The van der Waals surface area contributed by atoms with Crippen molar-refractivity contribution >= 4 is 17.1 Å². The Balaban J connectivity index is 2.64. The fourth-order valence-electron chi connectivity index (χ4n) is 0.726. The standard InChI is InChI=1S/C9H10OS/c1-2-3-5-8(10)9-6-4-7-11-9/h3-7H,2H2,1H3. The van der Waals surface area contributed by atoms with E-state index in [0.29, 0.717) is 0 Å². The van der Waals surface area contributed by atoms with Gasteiger partial charge in [-0.25, -0.2) is 0 Å². The molecule has 1 nitrogen and oxygen atoms in total. The highest BCUT2D eigenvalue weighted by atomic mass is 32.1. The Morgan fingerprint density at radius 3 is 3.09 bits per heavy atom. The lowest BCUT2D eigenvalue weighted by atomic mass is 10.3. The molecule has 0 atom stereocenters. The van der Waals surface area contributed by atoms with E-state index < -0.39 is 0 Å². The van der Waals surface area contributed by atoms with Gasteiger partial charge in [-0.3, -0.25) is 4.79 Å². The molecular weight excluding hydrogens is 156 g/mol. The molecule has 0 aliphatic carbocycles. The van der Waals surface area contributed by atoms with Crippen LogP contribution >= 0.6 is 11.3 Å². The van der Waals surface area contributed by atoms with Crippen molar-refractivity contribution in [3.8, 4) is 0 Å². The molecule has 0 aromatic carbocycles. The quantitative estimate of drug-likeness (QED) is 0.498. The topological polar surface area (TPSA) is 17.1 Å². The summed E-state index contributed by atoms with van der Waals surface area (Å²) in [5.41, 5.74) is 0. The van der Waals surface area contributed by atoms with E-state index in [0.717, 1.165) is 11.3 Å². The summed E-state index contributed by atoms with van der Waals surface area (Å²) in [4.78, 5) is 12.0. The number of hydrogen-bond donors (Lipinski definition) is 0. The van der Waals surface area contributed by atoms with Crippen molar-refractivity contribution in [3.63, 3.8) is 0 Å². The van der Waals surface area contributed by atoms with Gasteiger partial charge in [-0.05, 0) is 23.9 Å².